The van der Waals surface area contributed by atoms with Crippen LogP contribution in [0.25, 0.3) is 11.1 Å². The third-order valence-electron chi connectivity index (χ3n) is 2.95. The summed E-state index contributed by atoms with van der Waals surface area (Å²) in [5.74, 6) is 1.29. The van der Waals surface area contributed by atoms with Crippen LogP contribution in [0.1, 0.15) is 15.9 Å². The highest BCUT2D eigenvalue weighted by Crippen LogP contribution is 2.33. The highest BCUT2D eigenvalue weighted by molar-refractivity contribution is 5.99. The molecule has 0 aromatic heterocycles. The first-order valence-electron chi connectivity index (χ1n) is 5.78. The van der Waals surface area contributed by atoms with Crippen molar-refractivity contribution < 1.29 is 19.7 Å². The molecule has 0 aliphatic heterocycles. The second-order valence-electron chi connectivity index (χ2n) is 4.06. The molecule has 0 aliphatic carbocycles. The Balaban J connectivity index is 2.64. The van der Waals surface area contributed by atoms with Crippen molar-refractivity contribution in [1.82, 2.24) is 0 Å². The van der Waals surface area contributed by atoms with Crippen molar-refractivity contribution in [2.75, 3.05) is 7.11 Å². The summed E-state index contributed by atoms with van der Waals surface area (Å²) in [7, 11) is 1.55. The summed E-state index contributed by atoms with van der Waals surface area (Å²) < 4.78 is 5.05. The first kappa shape index (κ1) is 13.5. The molecule has 0 saturated heterocycles. The number of aromatic hydroxyl groups is 1. The minimum atomic E-state index is -1.23. The van der Waals surface area contributed by atoms with E-state index >= 15 is 0 Å². The fourth-order valence-electron chi connectivity index (χ4n) is 1.94. The van der Waals surface area contributed by atoms with Crippen LogP contribution < -0.4 is 4.74 Å². The number of carbonyl (C=O) groups is 1. The molecule has 0 amide bonds. The van der Waals surface area contributed by atoms with Crippen LogP contribution in [0.3, 0.4) is 0 Å². The van der Waals surface area contributed by atoms with Gasteiger partial charge < -0.3 is 14.9 Å². The molecule has 2 N–H and O–H groups in total. The van der Waals surface area contributed by atoms with Crippen molar-refractivity contribution in [2.45, 2.75) is 0 Å². The lowest BCUT2D eigenvalue weighted by Gasteiger charge is -2.10. The lowest BCUT2D eigenvalue weighted by atomic mass is 9.96. The number of carboxylic acid groups (broad SMARTS) is 1. The monoisotopic (exact) mass is 268 g/mol. The van der Waals surface area contributed by atoms with E-state index in [0.717, 1.165) is 0 Å². The zero-order valence-electron chi connectivity index (χ0n) is 10.8. The van der Waals surface area contributed by atoms with Crippen LogP contribution in [0.15, 0.2) is 36.4 Å². The van der Waals surface area contributed by atoms with E-state index < -0.39 is 11.7 Å². The first-order chi connectivity index (χ1) is 9.58. The van der Waals surface area contributed by atoms with E-state index in [1.807, 2.05) is 0 Å². The first-order valence-corrected chi connectivity index (χ1v) is 5.78. The molecule has 0 radical (unpaired) electrons. The summed E-state index contributed by atoms with van der Waals surface area (Å²) in [6, 6.07) is 9.97. The maximum Gasteiger partial charge on any atom is 0.340 e. The van der Waals surface area contributed by atoms with E-state index in [1.165, 1.54) is 6.07 Å². The Labute approximate surface area is 116 Å². The van der Waals surface area contributed by atoms with Gasteiger partial charge in [-0.1, -0.05) is 24.1 Å². The van der Waals surface area contributed by atoms with E-state index in [0.29, 0.717) is 16.9 Å². The summed E-state index contributed by atoms with van der Waals surface area (Å²) >= 11 is 0. The van der Waals surface area contributed by atoms with Gasteiger partial charge in [-0.2, -0.15) is 0 Å². The Morgan fingerprint density at radius 2 is 1.85 bits per heavy atom. The molecular weight excluding hydrogens is 256 g/mol. The molecule has 2 aromatic carbocycles. The van der Waals surface area contributed by atoms with Crippen LogP contribution in [0.5, 0.6) is 11.5 Å². The Morgan fingerprint density at radius 1 is 1.20 bits per heavy atom. The predicted octanol–water partition coefficient (Wildman–Crippen LogP) is 2.75. The van der Waals surface area contributed by atoms with Crippen LogP contribution in [0.4, 0.5) is 0 Å². The average molecular weight is 268 g/mol. The van der Waals surface area contributed by atoms with Crippen LogP contribution in [0.2, 0.25) is 0 Å². The summed E-state index contributed by atoms with van der Waals surface area (Å²) in [4.78, 5) is 11.4. The number of aromatic carboxylic acids is 1. The summed E-state index contributed by atoms with van der Waals surface area (Å²) in [5.41, 5.74) is 1.00. The average Bonchev–Trinajstić information content (AvgIpc) is 2.46. The Hall–Kier alpha value is -2.93. The molecule has 0 spiro atoms. The van der Waals surface area contributed by atoms with Gasteiger partial charge in [0.1, 0.15) is 17.1 Å². The van der Waals surface area contributed by atoms with Crippen LogP contribution in [0, 0.1) is 12.3 Å². The largest absolute Gasteiger partial charge is 0.506 e. The van der Waals surface area contributed by atoms with Gasteiger partial charge in [0.05, 0.1) is 12.7 Å². The van der Waals surface area contributed by atoms with Crippen LogP contribution in [-0.4, -0.2) is 23.3 Å². The maximum absolute atomic E-state index is 11.4. The number of terminal acetylenes is 1. The molecule has 0 atom stereocenters. The molecule has 0 bridgehead atoms. The number of carboxylic acids is 1. The van der Waals surface area contributed by atoms with Gasteiger partial charge in [0, 0.05) is 5.56 Å². The predicted molar refractivity (Wildman–Crippen MR) is 75.0 cm³/mol. The zero-order chi connectivity index (χ0) is 14.7. The third-order valence-corrected chi connectivity index (χ3v) is 2.95. The smallest absolute Gasteiger partial charge is 0.340 e. The molecule has 0 heterocycles. The van der Waals surface area contributed by atoms with Crippen molar-refractivity contribution in [2.24, 2.45) is 0 Å². The number of ether oxygens (including phenoxy) is 1. The Bertz CT molecular complexity index is 694. The van der Waals surface area contributed by atoms with Crippen LogP contribution >= 0.6 is 0 Å². The van der Waals surface area contributed by atoms with Gasteiger partial charge in [-0.3, -0.25) is 0 Å². The molecule has 4 heteroatoms. The topological polar surface area (TPSA) is 66.8 Å². The van der Waals surface area contributed by atoms with E-state index in [1.54, 1.807) is 37.4 Å². The number of rotatable bonds is 3. The molecule has 0 fully saturated rings. The van der Waals surface area contributed by atoms with Crippen LogP contribution in [-0.2, 0) is 0 Å². The molecule has 2 aromatic rings. The maximum atomic E-state index is 11.4. The Kier molecular flexibility index (Phi) is 3.62. The zero-order valence-corrected chi connectivity index (χ0v) is 10.8. The highest BCUT2D eigenvalue weighted by atomic mass is 16.5. The van der Waals surface area contributed by atoms with Crippen molar-refractivity contribution in [3.8, 4) is 35.0 Å². The quantitative estimate of drug-likeness (QED) is 0.840. The van der Waals surface area contributed by atoms with Gasteiger partial charge in [0.15, 0.2) is 0 Å². The molecular formula is C16H12O4. The van der Waals surface area contributed by atoms with Gasteiger partial charge in [-0.05, 0) is 23.8 Å². The van der Waals surface area contributed by atoms with E-state index in [4.69, 9.17) is 11.2 Å². The molecule has 0 aliphatic rings. The fraction of sp³-hybridized carbons (Fsp3) is 0.0625. The minimum Gasteiger partial charge on any atom is -0.506 e. The molecule has 20 heavy (non-hydrogen) atoms. The van der Waals surface area contributed by atoms with E-state index in [2.05, 4.69) is 5.92 Å². The van der Waals surface area contributed by atoms with Crippen molar-refractivity contribution >= 4 is 5.97 Å². The molecule has 4 nitrogen and oxygen atoms in total. The number of hydrogen-bond donors (Lipinski definition) is 2. The minimum absolute atomic E-state index is 0.152. The summed E-state index contributed by atoms with van der Waals surface area (Å²) in [5, 5.41) is 19.2. The fourth-order valence-corrected chi connectivity index (χ4v) is 1.94. The summed E-state index contributed by atoms with van der Waals surface area (Å²) in [6.07, 6.45) is 5.23. The van der Waals surface area contributed by atoms with Gasteiger partial charge in [0.25, 0.3) is 0 Å². The van der Waals surface area contributed by atoms with Gasteiger partial charge >= 0.3 is 5.97 Å². The summed E-state index contributed by atoms with van der Waals surface area (Å²) in [6.45, 7) is 0. The lowest BCUT2D eigenvalue weighted by molar-refractivity contribution is 0.0694. The van der Waals surface area contributed by atoms with Gasteiger partial charge in [-0.25, -0.2) is 4.79 Å². The Morgan fingerprint density at radius 3 is 2.35 bits per heavy atom. The number of hydrogen-bond acceptors (Lipinski definition) is 3. The molecule has 2 rings (SSSR count). The SMILES string of the molecule is C#Cc1ccc(-c2ccc(OC)cc2)c(C(=O)O)c1O. The van der Waals surface area contributed by atoms with E-state index in [-0.39, 0.29) is 11.1 Å². The highest BCUT2D eigenvalue weighted by Gasteiger charge is 2.19. The van der Waals surface area contributed by atoms with Crippen molar-refractivity contribution in [1.29, 1.82) is 0 Å². The third kappa shape index (κ3) is 2.29. The van der Waals surface area contributed by atoms with Gasteiger partial charge in [-0.15, -0.1) is 6.42 Å². The van der Waals surface area contributed by atoms with Crippen molar-refractivity contribution in [3.63, 3.8) is 0 Å². The second-order valence-corrected chi connectivity index (χ2v) is 4.06. The molecule has 0 saturated carbocycles. The standard InChI is InChI=1S/C16H12O4/c1-3-10-6-9-13(14(15(10)17)16(18)19)11-4-7-12(20-2)8-5-11/h1,4-9,17H,2H3,(H,18,19). The second kappa shape index (κ2) is 5.37. The van der Waals surface area contributed by atoms with Crippen molar-refractivity contribution in [3.05, 3.63) is 47.5 Å². The van der Waals surface area contributed by atoms with E-state index in [9.17, 15) is 15.0 Å². The number of phenols is 1. The normalized spacial score (nSPS) is 9.80. The van der Waals surface area contributed by atoms with Gasteiger partial charge in [0.2, 0.25) is 0 Å². The lowest BCUT2D eigenvalue weighted by Crippen LogP contribution is -2.01. The number of benzene rings is 2. The molecule has 0 unspecified atom stereocenters. The number of methoxy groups -OCH3 is 1. The molecule has 100 valence electrons.